The number of nitrogens with one attached hydrogen (secondary N) is 2. The van der Waals surface area contributed by atoms with Crippen molar-refractivity contribution in [3.8, 4) is 5.75 Å². The standard InChI is InChI=1S/C17H20N2O3S.2ClH/c1-12-6-7-16(22-2)17(10-12)23(20,21)19-15-5-3-4-13-11-18-9-8-14(13)15;;/h3-7,10,18-19H,8-9,11H2,1-2H3;2*1H. The molecule has 0 aliphatic carbocycles. The van der Waals surface area contributed by atoms with Crippen molar-refractivity contribution in [2.45, 2.75) is 24.8 Å². The van der Waals surface area contributed by atoms with Crippen LogP contribution in [0.1, 0.15) is 16.7 Å². The minimum absolute atomic E-state index is 0. The lowest BCUT2D eigenvalue weighted by atomic mass is 9.99. The molecule has 0 saturated carbocycles. The van der Waals surface area contributed by atoms with E-state index in [0.717, 1.165) is 36.2 Å². The fourth-order valence-electron chi connectivity index (χ4n) is 2.82. The second-order valence-corrected chi connectivity index (χ2v) is 7.28. The maximum atomic E-state index is 12.8. The number of fused-ring (bicyclic) bond motifs is 1. The van der Waals surface area contributed by atoms with Gasteiger partial charge in [-0.2, -0.15) is 0 Å². The van der Waals surface area contributed by atoms with Crippen LogP contribution in [-0.2, 0) is 23.0 Å². The van der Waals surface area contributed by atoms with Crippen molar-refractivity contribution < 1.29 is 13.2 Å². The number of benzene rings is 2. The Bertz CT molecular complexity index is 842. The highest BCUT2D eigenvalue weighted by Gasteiger charge is 2.22. The molecule has 25 heavy (non-hydrogen) atoms. The minimum atomic E-state index is -3.71. The van der Waals surface area contributed by atoms with Crippen molar-refractivity contribution in [1.82, 2.24) is 5.32 Å². The topological polar surface area (TPSA) is 67.4 Å². The minimum Gasteiger partial charge on any atom is -0.495 e. The van der Waals surface area contributed by atoms with E-state index >= 15 is 0 Å². The predicted molar refractivity (Wildman–Crippen MR) is 105 cm³/mol. The lowest BCUT2D eigenvalue weighted by Gasteiger charge is -2.21. The number of rotatable bonds is 4. The zero-order valence-corrected chi connectivity index (χ0v) is 16.5. The lowest BCUT2D eigenvalue weighted by Crippen LogP contribution is -2.25. The highest BCUT2D eigenvalue weighted by molar-refractivity contribution is 7.92. The van der Waals surface area contributed by atoms with Gasteiger partial charge >= 0.3 is 0 Å². The Kier molecular flexibility index (Phi) is 7.56. The van der Waals surface area contributed by atoms with Crippen molar-refractivity contribution in [3.05, 3.63) is 53.1 Å². The molecule has 0 radical (unpaired) electrons. The number of hydrogen-bond acceptors (Lipinski definition) is 4. The maximum Gasteiger partial charge on any atom is 0.265 e. The molecule has 1 aliphatic heterocycles. The molecule has 3 rings (SSSR count). The van der Waals surface area contributed by atoms with Gasteiger partial charge in [-0.25, -0.2) is 8.42 Å². The van der Waals surface area contributed by atoms with Gasteiger partial charge in [-0.3, -0.25) is 4.72 Å². The Morgan fingerprint density at radius 3 is 2.64 bits per heavy atom. The predicted octanol–water partition coefficient (Wildman–Crippen LogP) is 3.29. The van der Waals surface area contributed by atoms with E-state index in [9.17, 15) is 8.42 Å². The average molecular weight is 405 g/mol. The van der Waals surface area contributed by atoms with Crippen molar-refractivity contribution in [3.63, 3.8) is 0 Å². The molecule has 0 saturated heterocycles. The second kappa shape index (κ2) is 8.76. The smallest absolute Gasteiger partial charge is 0.265 e. The first kappa shape index (κ1) is 21.6. The van der Waals surface area contributed by atoms with E-state index in [4.69, 9.17) is 4.74 Å². The molecule has 2 aromatic carbocycles. The van der Waals surface area contributed by atoms with E-state index in [1.165, 1.54) is 7.11 Å². The van der Waals surface area contributed by atoms with Crippen LogP contribution in [0.4, 0.5) is 5.69 Å². The summed E-state index contributed by atoms with van der Waals surface area (Å²) in [5, 5.41) is 3.29. The molecule has 8 heteroatoms. The lowest BCUT2D eigenvalue weighted by molar-refractivity contribution is 0.402. The monoisotopic (exact) mass is 404 g/mol. The first-order valence-corrected chi connectivity index (χ1v) is 8.98. The van der Waals surface area contributed by atoms with Crippen LogP contribution in [-0.4, -0.2) is 22.1 Å². The summed E-state index contributed by atoms with van der Waals surface area (Å²) in [4.78, 5) is 0.159. The Morgan fingerprint density at radius 2 is 1.92 bits per heavy atom. The van der Waals surface area contributed by atoms with Crippen LogP contribution in [0.3, 0.4) is 0 Å². The fraction of sp³-hybridized carbons (Fsp3) is 0.294. The fourth-order valence-corrected chi connectivity index (χ4v) is 4.17. The molecule has 0 amide bonds. The van der Waals surface area contributed by atoms with Gasteiger partial charge < -0.3 is 10.1 Å². The van der Waals surface area contributed by atoms with E-state index in [-0.39, 0.29) is 29.7 Å². The van der Waals surface area contributed by atoms with Gasteiger partial charge in [0.1, 0.15) is 10.6 Å². The summed E-state index contributed by atoms with van der Waals surface area (Å²) >= 11 is 0. The normalized spacial score (nSPS) is 13.0. The third kappa shape index (κ3) is 4.58. The zero-order valence-electron chi connectivity index (χ0n) is 14.0. The van der Waals surface area contributed by atoms with Crippen LogP contribution in [0.25, 0.3) is 0 Å². The number of halogens is 2. The van der Waals surface area contributed by atoms with Gasteiger partial charge in [0.05, 0.1) is 12.8 Å². The Labute approximate surface area is 161 Å². The highest BCUT2D eigenvalue weighted by Crippen LogP contribution is 2.29. The summed E-state index contributed by atoms with van der Waals surface area (Å²) in [7, 11) is -2.24. The third-order valence-electron chi connectivity index (χ3n) is 3.99. The SMILES string of the molecule is COc1ccc(C)cc1S(=O)(=O)Nc1cccc2c1CCNC2.Cl.Cl. The van der Waals surface area contributed by atoms with Gasteiger partial charge in [0, 0.05) is 6.54 Å². The summed E-state index contributed by atoms with van der Waals surface area (Å²) in [6.07, 6.45) is 0.805. The Balaban J connectivity index is 0.00000156. The number of aryl methyl sites for hydroxylation is 1. The summed E-state index contributed by atoms with van der Waals surface area (Å²) in [5.74, 6) is 0.342. The van der Waals surface area contributed by atoms with E-state index < -0.39 is 10.0 Å². The van der Waals surface area contributed by atoms with Gasteiger partial charge in [-0.05, 0) is 54.8 Å². The zero-order chi connectivity index (χ0) is 16.4. The molecule has 0 bridgehead atoms. The second-order valence-electron chi connectivity index (χ2n) is 5.63. The first-order valence-electron chi connectivity index (χ1n) is 7.50. The molecular formula is C17H22Cl2N2O3S. The number of methoxy groups -OCH3 is 1. The molecule has 138 valence electrons. The van der Waals surface area contributed by atoms with E-state index in [0.29, 0.717) is 11.4 Å². The number of hydrogen-bond donors (Lipinski definition) is 2. The molecule has 1 aliphatic rings. The summed E-state index contributed by atoms with van der Waals surface area (Å²) in [6, 6.07) is 10.8. The highest BCUT2D eigenvalue weighted by atomic mass is 35.5. The molecule has 5 nitrogen and oxygen atoms in total. The summed E-state index contributed by atoms with van der Waals surface area (Å²) in [6.45, 7) is 3.46. The van der Waals surface area contributed by atoms with Gasteiger partial charge in [0.25, 0.3) is 10.0 Å². The Morgan fingerprint density at radius 1 is 1.16 bits per heavy atom. The summed E-state index contributed by atoms with van der Waals surface area (Å²) in [5.41, 5.74) is 3.70. The van der Waals surface area contributed by atoms with Crippen molar-refractivity contribution in [2.24, 2.45) is 0 Å². The molecule has 2 aromatic rings. The number of sulfonamides is 1. The van der Waals surface area contributed by atoms with Gasteiger partial charge in [-0.15, -0.1) is 24.8 Å². The largest absolute Gasteiger partial charge is 0.495 e. The summed E-state index contributed by atoms with van der Waals surface area (Å²) < 4.78 is 33.6. The van der Waals surface area contributed by atoms with Gasteiger partial charge in [0.15, 0.2) is 0 Å². The first-order chi connectivity index (χ1) is 11.0. The van der Waals surface area contributed by atoms with Crippen LogP contribution >= 0.6 is 24.8 Å². The van der Waals surface area contributed by atoms with Crippen LogP contribution in [0.5, 0.6) is 5.75 Å². The maximum absolute atomic E-state index is 12.8. The van der Waals surface area contributed by atoms with E-state index in [1.807, 2.05) is 31.2 Å². The van der Waals surface area contributed by atoms with Crippen LogP contribution in [0.2, 0.25) is 0 Å². The molecular weight excluding hydrogens is 383 g/mol. The van der Waals surface area contributed by atoms with Crippen molar-refractivity contribution >= 4 is 40.5 Å². The molecule has 0 spiro atoms. The van der Waals surface area contributed by atoms with Gasteiger partial charge in [-0.1, -0.05) is 18.2 Å². The quantitative estimate of drug-likeness (QED) is 0.819. The molecule has 0 fully saturated rings. The van der Waals surface area contributed by atoms with Crippen LogP contribution in [0, 0.1) is 6.92 Å². The Hall–Kier alpha value is -1.47. The molecule has 0 atom stereocenters. The third-order valence-corrected chi connectivity index (χ3v) is 5.38. The molecule has 0 unspecified atom stereocenters. The van der Waals surface area contributed by atoms with E-state index in [1.54, 1.807) is 12.1 Å². The molecule has 0 aromatic heterocycles. The van der Waals surface area contributed by atoms with Crippen LogP contribution in [0.15, 0.2) is 41.3 Å². The number of anilines is 1. The average Bonchev–Trinajstić information content (AvgIpc) is 2.55. The molecule has 1 heterocycles. The molecule has 2 N–H and O–H groups in total. The van der Waals surface area contributed by atoms with Crippen molar-refractivity contribution in [2.75, 3.05) is 18.4 Å². The van der Waals surface area contributed by atoms with E-state index in [2.05, 4.69) is 10.0 Å². The number of ether oxygens (including phenoxy) is 1. The van der Waals surface area contributed by atoms with Gasteiger partial charge in [0.2, 0.25) is 0 Å². The van der Waals surface area contributed by atoms with Crippen LogP contribution < -0.4 is 14.8 Å². The van der Waals surface area contributed by atoms with Crippen molar-refractivity contribution in [1.29, 1.82) is 0 Å².